The molecule has 0 saturated carbocycles. The van der Waals surface area contributed by atoms with Crippen LogP contribution in [0.25, 0.3) is 0 Å². The van der Waals surface area contributed by atoms with E-state index >= 15 is 0 Å². The zero-order chi connectivity index (χ0) is 16.5. The maximum Gasteiger partial charge on any atom is 0.0300 e. The van der Waals surface area contributed by atoms with Crippen LogP contribution in [0.3, 0.4) is 0 Å². The van der Waals surface area contributed by atoms with Crippen LogP contribution >= 0.6 is 0 Å². The lowest BCUT2D eigenvalue weighted by Gasteiger charge is -2.23. The minimum Gasteiger partial charge on any atom is -0.236 e. The second kappa shape index (κ2) is 15.6. The molecule has 0 bridgehead atoms. The molecule has 0 N–H and O–H groups in total. The van der Waals surface area contributed by atoms with Crippen molar-refractivity contribution in [3.05, 3.63) is 12.2 Å². The van der Waals surface area contributed by atoms with Gasteiger partial charge in [-0.3, -0.25) is 0 Å². The van der Waals surface area contributed by atoms with Crippen LogP contribution in [-0.2, 0) is 0 Å². The van der Waals surface area contributed by atoms with Gasteiger partial charge in [0.05, 0.1) is 0 Å². The molecule has 0 amide bonds. The van der Waals surface area contributed by atoms with E-state index in [-0.39, 0.29) is 5.54 Å². The van der Waals surface area contributed by atoms with Crippen LogP contribution in [0.2, 0.25) is 0 Å². The van der Waals surface area contributed by atoms with E-state index in [0.29, 0.717) is 0 Å². The largest absolute Gasteiger partial charge is 0.236 e. The molecule has 0 rings (SSSR count). The molecular weight excluding hydrogens is 266 g/mol. The van der Waals surface area contributed by atoms with Crippen LogP contribution in [0.5, 0.6) is 0 Å². The smallest absolute Gasteiger partial charge is 0.0300 e. The Morgan fingerprint density at radius 1 is 0.682 bits per heavy atom. The van der Waals surface area contributed by atoms with Crippen LogP contribution in [0.1, 0.15) is 111 Å². The molecule has 0 aromatic rings. The van der Waals surface area contributed by atoms with Gasteiger partial charge in [0.15, 0.2) is 0 Å². The van der Waals surface area contributed by atoms with Crippen molar-refractivity contribution >= 4 is 0 Å². The summed E-state index contributed by atoms with van der Waals surface area (Å²) >= 11 is 0. The molecule has 0 aromatic heterocycles. The zero-order valence-corrected chi connectivity index (χ0v) is 16.0. The first-order valence-electron chi connectivity index (χ1n) is 9.96. The average molecular weight is 309 g/mol. The van der Waals surface area contributed by atoms with Crippen molar-refractivity contribution in [2.24, 2.45) is 0 Å². The van der Waals surface area contributed by atoms with E-state index in [1.165, 1.54) is 83.5 Å². The van der Waals surface area contributed by atoms with Crippen LogP contribution in [0, 0.1) is 0 Å². The molecule has 0 aliphatic rings. The molecule has 22 heavy (non-hydrogen) atoms. The minimum absolute atomic E-state index is 0.200. The van der Waals surface area contributed by atoms with Crippen molar-refractivity contribution < 1.29 is 0 Å². The predicted molar refractivity (Wildman–Crippen MR) is 102 cm³/mol. The van der Waals surface area contributed by atoms with E-state index in [1.807, 2.05) is 0 Å². The highest BCUT2D eigenvalue weighted by Gasteiger charge is 2.15. The Labute approximate surface area is 141 Å². The fourth-order valence-electron chi connectivity index (χ4n) is 2.96. The lowest BCUT2D eigenvalue weighted by molar-refractivity contribution is 0.347. The number of unbranched alkanes of at least 4 members (excludes halogenated alkanes) is 10. The van der Waals surface area contributed by atoms with Gasteiger partial charge in [-0.2, -0.15) is 0 Å². The highest BCUT2D eigenvalue weighted by molar-refractivity contribution is 4.81. The Hall–Kier alpha value is -0.300. The first-order valence-corrected chi connectivity index (χ1v) is 9.96. The maximum atomic E-state index is 4.64. The fourth-order valence-corrected chi connectivity index (χ4v) is 2.96. The van der Waals surface area contributed by atoms with Gasteiger partial charge in [-0.1, -0.05) is 77.4 Å². The SMILES string of the molecule is CCCCCCCC/C=C/CCCCCCC(C)(C)[N]CC. The maximum absolute atomic E-state index is 4.64. The normalized spacial score (nSPS) is 12.4. The summed E-state index contributed by atoms with van der Waals surface area (Å²) < 4.78 is 0. The van der Waals surface area contributed by atoms with Gasteiger partial charge in [0, 0.05) is 12.1 Å². The number of rotatable bonds is 16. The van der Waals surface area contributed by atoms with Gasteiger partial charge in [0.25, 0.3) is 0 Å². The summed E-state index contributed by atoms with van der Waals surface area (Å²) in [6.45, 7) is 9.91. The Bertz CT molecular complexity index is 242. The third kappa shape index (κ3) is 16.1. The molecule has 0 aromatic carbocycles. The fraction of sp³-hybridized carbons (Fsp3) is 0.905. The lowest BCUT2D eigenvalue weighted by atomic mass is 9.96. The number of allylic oxidation sites excluding steroid dienone is 2. The second-order valence-electron chi connectivity index (χ2n) is 7.27. The van der Waals surface area contributed by atoms with Crippen LogP contribution in [-0.4, -0.2) is 12.1 Å². The van der Waals surface area contributed by atoms with Crippen LogP contribution in [0.4, 0.5) is 0 Å². The molecule has 0 aliphatic carbocycles. The molecule has 1 nitrogen and oxygen atoms in total. The van der Waals surface area contributed by atoms with E-state index in [2.05, 4.69) is 45.2 Å². The molecule has 0 unspecified atom stereocenters. The highest BCUT2D eigenvalue weighted by atomic mass is 14.9. The molecule has 1 radical (unpaired) electrons. The lowest BCUT2D eigenvalue weighted by Crippen LogP contribution is -2.32. The van der Waals surface area contributed by atoms with Crippen molar-refractivity contribution in [3.8, 4) is 0 Å². The van der Waals surface area contributed by atoms with E-state index < -0.39 is 0 Å². The third-order valence-electron chi connectivity index (χ3n) is 4.39. The van der Waals surface area contributed by atoms with E-state index in [9.17, 15) is 0 Å². The number of hydrogen-bond acceptors (Lipinski definition) is 0. The first-order chi connectivity index (χ1) is 10.6. The van der Waals surface area contributed by atoms with Gasteiger partial charge >= 0.3 is 0 Å². The molecular formula is C21H42N. The molecule has 131 valence electrons. The highest BCUT2D eigenvalue weighted by Crippen LogP contribution is 2.16. The van der Waals surface area contributed by atoms with Crippen molar-refractivity contribution in [1.82, 2.24) is 5.32 Å². The zero-order valence-electron chi connectivity index (χ0n) is 16.0. The molecule has 0 fully saturated rings. The Balaban J connectivity index is 3.24. The van der Waals surface area contributed by atoms with Crippen LogP contribution in [0.15, 0.2) is 12.2 Å². The van der Waals surface area contributed by atoms with Crippen molar-refractivity contribution in [3.63, 3.8) is 0 Å². The van der Waals surface area contributed by atoms with Gasteiger partial charge in [-0.15, -0.1) is 0 Å². The first kappa shape index (κ1) is 21.7. The number of nitrogens with zero attached hydrogens (tertiary/aromatic N) is 1. The van der Waals surface area contributed by atoms with Crippen molar-refractivity contribution in [2.45, 2.75) is 117 Å². The third-order valence-corrected chi connectivity index (χ3v) is 4.39. The molecule has 1 heteroatoms. The topological polar surface area (TPSA) is 14.1 Å². The predicted octanol–water partition coefficient (Wildman–Crippen LogP) is 7.04. The summed E-state index contributed by atoms with van der Waals surface area (Å²) in [5, 5.41) is 4.64. The van der Waals surface area contributed by atoms with Crippen molar-refractivity contribution in [2.75, 3.05) is 6.54 Å². The summed E-state index contributed by atoms with van der Waals surface area (Å²) in [5.41, 5.74) is 0.200. The van der Waals surface area contributed by atoms with Crippen molar-refractivity contribution in [1.29, 1.82) is 0 Å². The van der Waals surface area contributed by atoms with E-state index in [4.69, 9.17) is 0 Å². The second-order valence-corrected chi connectivity index (χ2v) is 7.27. The number of hydrogen-bond donors (Lipinski definition) is 0. The molecule has 0 heterocycles. The Kier molecular flexibility index (Phi) is 15.4. The average Bonchev–Trinajstić information content (AvgIpc) is 2.47. The summed E-state index contributed by atoms with van der Waals surface area (Å²) in [6.07, 6.45) is 22.5. The van der Waals surface area contributed by atoms with Gasteiger partial charge in [-0.25, -0.2) is 5.32 Å². The van der Waals surface area contributed by atoms with Gasteiger partial charge < -0.3 is 0 Å². The monoisotopic (exact) mass is 308 g/mol. The summed E-state index contributed by atoms with van der Waals surface area (Å²) in [4.78, 5) is 0. The van der Waals surface area contributed by atoms with Gasteiger partial charge in [0.2, 0.25) is 0 Å². The standard InChI is InChI=1S/C21H42N/c1-5-7-8-9-10-11-12-13-14-15-16-17-18-19-20-21(3,4)22-6-2/h13-14H,5-12,15-20H2,1-4H3/b14-13+. The molecule has 0 atom stereocenters. The molecule has 0 aliphatic heterocycles. The Morgan fingerprint density at radius 2 is 1.18 bits per heavy atom. The van der Waals surface area contributed by atoms with E-state index in [0.717, 1.165) is 6.54 Å². The summed E-state index contributed by atoms with van der Waals surface area (Å²) in [7, 11) is 0. The molecule has 0 spiro atoms. The Morgan fingerprint density at radius 3 is 1.73 bits per heavy atom. The summed E-state index contributed by atoms with van der Waals surface area (Å²) in [6, 6.07) is 0. The molecule has 0 saturated heterocycles. The minimum atomic E-state index is 0.200. The van der Waals surface area contributed by atoms with Gasteiger partial charge in [0.1, 0.15) is 0 Å². The summed E-state index contributed by atoms with van der Waals surface area (Å²) in [5.74, 6) is 0. The quantitative estimate of drug-likeness (QED) is 0.214. The van der Waals surface area contributed by atoms with Crippen LogP contribution < -0.4 is 5.32 Å². The van der Waals surface area contributed by atoms with Gasteiger partial charge in [-0.05, 0) is 46.0 Å². The van der Waals surface area contributed by atoms with E-state index in [1.54, 1.807) is 0 Å².